The molecule has 0 atom stereocenters. The van der Waals surface area contributed by atoms with Gasteiger partial charge in [0.2, 0.25) is 0 Å². The van der Waals surface area contributed by atoms with Crippen LogP contribution in [0.2, 0.25) is 0 Å². The zero-order valence-corrected chi connectivity index (χ0v) is 38.0. The van der Waals surface area contributed by atoms with Crippen molar-refractivity contribution in [3.8, 4) is 55.6 Å². The van der Waals surface area contributed by atoms with Gasteiger partial charge >= 0.3 is 0 Å². The molecule has 0 bridgehead atoms. The standard InChI is InChI=1S/C66H43NS/c1-3-17-48(18-4-1)64-58-26-10-9-25-56(58)57-41-38-51(43-60(57)65(64)49-19-5-2-6-20-49)50-22-13-23-53(42-50)67(61-29-15-31-63-66(61)59-27-11-12-30-62(59)68-63)52-39-36-45(37-40-52)44-32-34-47(35-33-44)55-28-14-21-46-16-7-8-24-54(46)55/h1-43H. The molecule has 0 aliphatic heterocycles. The van der Waals surface area contributed by atoms with Crippen LogP contribution in [0.4, 0.5) is 17.1 Å². The summed E-state index contributed by atoms with van der Waals surface area (Å²) in [6.07, 6.45) is 0. The van der Waals surface area contributed by atoms with Crippen molar-refractivity contribution in [3.05, 3.63) is 261 Å². The van der Waals surface area contributed by atoms with E-state index in [0.717, 1.165) is 22.6 Å². The monoisotopic (exact) mass is 881 g/mol. The van der Waals surface area contributed by atoms with Gasteiger partial charge in [0.1, 0.15) is 0 Å². The van der Waals surface area contributed by atoms with Crippen molar-refractivity contribution in [2.75, 3.05) is 4.90 Å². The van der Waals surface area contributed by atoms with Gasteiger partial charge in [-0.3, -0.25) is 0 Å². The topological polar surface area (TPSA) is 3.24 Å². The fourth-order valence-electron chi connectivity index (χ4n) is 10.5. The normalized spacial score (nSPS) is 11.5. The van der Waals surface area contributed by atoms with Crippen molar-refractivity contribution >= 4 is 80.9 Å². The zero-order chi connectivity index (χ0) is 45.0. The van der Waals surface area contributed by atoms with Crippen LogP contribution >= 0.6 is 11.3 Å². The molecule has 13 aromatic rings. The van der Waals surface area contributed by atoms with Crippen LogP contribution in [-0.4, -0.2) is 0 Å². The first-order valence-corrected chi connectivity index (χ1v) is 24.1. The van der Waals surface area contributed by atoms with Gasteiger partial charge in [-0.1, -0.05) is 212 Å². The van der Waals surface area contributed by atoms with E-state index in [9.17, 15) is 0 Å². The quantitative estimate of drug-likeness (QED) is 0.137. The van der Waals surface area contributed by atoms with Crippen molar-refractivity contribution < 1.29 is 0 Å². The Morgan fingerprint density at radius 3 is 1.54 bits per heavy atom. The van der Waals surface area contributed by atoms with Crippen LogP contribution < -0.4 is 4.90 Å². The van der Waals surface area contributed by atoms with Gasteiger partial charge in [-0.15, -0.1) is 11.3 Å². The minimum absolute atomic E-state index is 1.10. The fraction of sp³-hybridized carbons (Fsp3) is 0. The molecule has 12 aromatic carbocycles. The van der Waals surface area contributed by atoms with Gasteiger partial charge in [0.25, 0.3) is 0 Å². The molecule has 0 spiro atoms. The first kappa shape index (κ1) is 39.8. The largest absolute Gasteiger partial charge is 0.310 e. The molecule has 0 fully saturated rings. The summed E-state index contributed by atoms with van der Waals surface area (Å²) in [4.78, 5) is 2.45. The third-order valence-corrected chi connectivity index (χ3v) is 14.8. The molecule has 0 saturated heterocycles. The van der Waals surface area contributed by atoms with Gasteiger partial charge in [0.15, 0.2) is 0 Å². The summed E-state index contributed by atoms with van der Waals surface area (Å²) in [6.45, 7) is 0. The van der Waals surface area contributed by atoms with Crippen molar-refractivity contribution in [2.24, 2.45) is 0 Å². The zero-order valence-electron chi connectivity index (χ0n) is 37.2. The first-order chi connectivity index (χ1) is 33.7. The lowest BCUT2D eigenvalue weighted by molar-refractivity contribution is 1.30. The molecule has 318 valence electrons. The lowest BCUT2D eigenvalue weighted by Gasteiger charge is -2.27. The van der Waals surface area contributed by atoms with Crippen molar-refractivity contribution in [2.45, 2.75) is 0 Å². The Hall–Kier alpha value is -8.56. The molecule has 1 heterocycles. The summed E-state index contributed by atoms with van der Waals surface area (Å²) >= 11 is 1.86. The molecule has 68 heavy (non-hydrogen) atoms. The molecular formula is C66H43NS. The van der Waals surface area contributed by atoms with Crippen LogP contribution in [-0.2, 0) is 0 Å². The Bertz CT molecular complexity index is 3990. The van der Waals surface area contributed by atoms with Crippen molar-refractivity contribution in [1.82, 2.24) is 0 Å². The summed E-state index contributed by atoms with van der Waals surface area (Å²) in [7, 11) is 0. The fourth-order valence-corrected chi connectivity index (χ4v) is 11.6. The number of fused-ring (bicyclic) bond motifs is 7. The van der Waals surface area contributed by atoms with Crippen LogP contribution in [0.15, 0.2) is 261 Å². The van der Waals surface area contributed by atoms with Gasteiger partial charge < -0.3 is 4.90 Å². The minimum Gasteiger partial charge on any atom is -0.310 e. The average molecular weight is 882 g/mol. The average Bonchev–Trinajstić information content (AvgIpc) is 3.81. The van der Waals surface area contributed by atoms with Crippen molar-refractivity contribution in [3.63, 3.8) is 0 Å². The van der Waals surface area contributed by atoms with E-state index in [4.69, 9.17) is 0 Å². The highest BCUT2D eigenvalue weighted by Crippen LogP contribution is 2.48. The van der Waals surface area contributed by atoms with E-state index in [1.807, 2.05) is 11.3 Å². The first-order valence-electron chi connectivity index (χ1n) is 23.3. The highest BCUT2D eigenvalue weighted by Gasteiger charge is 2.21. The molecule has 13 rings (SSSR count). The lowest BCUT2D eigenvalue weighted by Crippen LogP contribution is -2.10. The summed E-state index contributed by atoms with van der Waals surface area (Å²) in [5, 5.41) is 10.1. The van der Waals surface area contributed by atoms with E-state index in [0.29, 0.717) is 0 Å². The Morgan fingerprint density at radius 1 is 0.265 bits per heavy atom. The number of anilines is 3. The van der Waals surface area contributed by atoms with Crippen molar-refractivity contribution in [1.29, 1.82) is 0 Å². The molecule has 0 aliphatic carbocycles. The Morgan fingerprint density at radius 2 is 0.779 bits per heavy atom. The van der Waals surface area contributed by atoms with Crippen LogP contribution in [0, 0.1) is 0 Å². The number of rotatable bonds is 8. The minimum atomic E-state index is 1.10. The van der Waals surface area contributed by atoms with Crippen LogP contribution in [0.25, 0.3) is 108 Å². The molecule has 1 aromatic heterocycles. The Balaban J connectivity index is 0.955. The molecule has 2 heteroatoms. The number of hydrogen-bond acceptors (Lipinski definition) is 2. The third kappa shape index (κ3) is 6.85. The second kappa shape index (κ2) is 16.7. The molecule has 0 unspecified atom stereocenters. The third-order valence-electron chi connectivity index (χ3n) is 13.7. The van der Waals surface area contributed by atoms with Gasteiger partial charge in [-0.05, 0) is 136 Å². The van der Waals surface area contributed by atoms with E-state index in [2.05, 4.69) is 266 Å². The summed E-state index contributed by atoms with van der Waals surface area (Å²) in [5.74, 6) is 0. The highest BCUT2D eigenvalue weighted by molar-refractivity contribution is 7.26. The molecule has 0 aliphatic rings. The van der Waals surface area contributed by atoms with Crippen LogP contribution in [0.5, 0.6) is 0 Å². The summed E-state index contributed by atoms with van der Waals surface area (Å²) < 4.78 is 2.57. The number of hydrogen-bond donors (Lipinski definition) is 0. The Kier molecular flexibility index (Phi) is 9.77. The van der Waals surface area contributed by atoms with Crippen LogP contribution in [0.3, 0.4) is 0 Å². The van der Waals surface area contributed by atoms with E-state index in [1.165, 1.54) is 103 Å². The maximum absolute atomic E-state index is 2.45. The molecule has 0 radical (unpaired) electrons. The number of benzene rings is 12. The predicted octanol–water partition coefficient (Wildman–Crippen LogP) is 19.3. The molecule has 0 N–H and O–H groups in total. The Labute approximate surface area is 400 Å². The molecule has 1 nitrogen and oxygen atoms in total. The maximum atomic E-state index is 2.45. The van der Waals surface area contributed by atoms with E-state index >= 15 is 0 Å². The summed E-state index contributed by atoms with van der Waals surface area (Å²) in [5.41, 5.74) is 15.5. The highest BCUT2D eigenvalue weighted by atomic mass is 32.1. The van der Waals surface area contributed by atoms with E-state index in [1.54, 1.807) is 0 Å². The number of nitrogens with zero attached hydrogens (tertiary/aromatic N) is 1. The van der Waals surface area contributed by atoms with Gasteiger partial charge in [0.05, 0.1) is 5.69 Å². The van der Waals surface area contributed by atoms with E-state index < -0.39 is 0 Å². The molecular weight excluding hydrogens is 839 g/mol. The second-order valence-corrected chi connectivity index (χ2v) is 18.7. The SMILES string of the molecule is c1ccc(-c2c(-c3ccccc3)c3cc(-c4cccc(N(c5ccc(-c6ccc(-c7cccc8ccccc78)cc6)cc5)c5cccc6sc7ccccc7c56)c4)ccc3c3ccccc23)cc1. The molecule has 0 amide bonds. The van der Waals surface area contributed by atoms with E-state index in [-0.39, 0.29) is 0 Å². The van der Waals surface area contributed by atoms with Gasteiger partial charge in [0, 0.05) is 31.5 Å². The van der Waals surface area contributed by atoms with Crippen LogP contribution in [0.1, 0.15) is 0 Å². The lowest BCUT2D eigenvalue weighted by atomic mass is 9.84. The second-order valence-electron chi connectivity index (χ2n) is 17.6. The smallest absolute Gasteiger partial charge is 0.0554 e. The van der Waals surface area contributed by atoms with Gasteiger partial charge in [-0.25, -0.2) is 0 Å². The predicted molar refractivity (Wildman–Crippen MR) is 294 cm³/mol. The summed E-state index contributed by atoms with van der Waals surface area (Å²) in [6, 6.07) is 95.7. The maximum Gasteiger partial charge on any atom is 0.0554 e. The molecule has 0 saturated carbocycles. The number of thiophene rings is 1. The van der Waals surface area contributed by atoms with Gasteiger partial charge in [-0.2, -0.15) is 0 Å².